The smallest absolute Gasteiger partial charge is 0.328 e. The molecule has 0 spiro atoms. The lowest BCUT2D eigenvalue weighted by Gasteiger charge is -2.08. The van der Waals surface area contributed by atoms with Gasteiger partial charge in [-0.3, -0.25) is 9.59 Å². The highest BCUT2D eigenvalue weighted by Crippen LogP contribution is 2.17. The van der Waals surface area contributed by atoms with E-state index in [1.54, 1.807) is 13.8 Å². The average molecular weight is 178 g/mol. The summed E-state index contributed by atoms with van der Waals surface area (Å²) in [6.07, 6.45) is 0. The predicted octanol–water partition coefficient (Wildman–Crippen LogP) is 0.666. The van der Waals surface area contributed by atoms with Gasteiger partial charge in [0.25, 0.3) is 0 Å². The molecular weight excluding hydrogens is 168 g/mol. The van der Waals surface area contributed by atoms with Crippen LogP contribution in [0.5, 0.6) is 0 Å². The van der Waals surface area contributed by atoms with Crippen molar-refractivity contribution in [2.75, 3.05) is 0 Å². The maximum absolute atomic E-state index is 10.3. The fraction of sp³-hybridized carbons (Fsp3) is 0.667. The van der Waals surface area contributed by atoms with Gasteiger partial charge in [0.1, 0.15) is 0 Å². The zero-order valence-corrected chi connectivity index (χ0v) is 7.09. The molecule has 0 aromatic carbocycles. The van der Waals surface area contributed by atoms with Gasteiger partial charge in [0.05, 0.1) is 0 Å². The van der Waals surface area contributed by atoms with Gasteiger partial charge in [0.15, 0.2) is 5.25 Å². The van der Waals surface area contributed by atoms with Crippen molar-refractivity contribution in [2.24, 2.45) is 0 Å². The van der Waals surface area contributed by atoms with Crippen molar-refractivity contribution in [3.63, 3.8) is 0 Å². The lowest BCUT2D eigenvalue weighted by molar-refractivity contribution is -0.146. The molecule has 5 heteroatoms. The number of hydrogen-bond donors (Lipinski definition) is 2. The van der Waals surface area contributed by atoms with Gasteiger partial charge in [-0.25, -0.2) is 0 Å². The number of rotatable bonds is 4. The standard InChI is InChI=1S/C6H10O4S/c1-3(2)11-4(5(7)8)6(9)10/h3-4H,1-2H3,(H,7,8)(H,9,10). The number of carboxylic acids is 2. The second kappa shape index (κ2) is 4.23. The summed E-state index contributed by atoms with van der Waals surface area (Å²) in [5.41, 5.74) is 0. The Morgan fingerprint density at radius 1 is 1.18 bits per heavy atom. The third kappa shape index (κ3) is 3.87. The van der Waals surface area contributed by atoms with Crippen molar-refractivity contribution in [3.05, 3.63) is 0 Å². The molecule has 64 valence electrons. The molecule has 0 heterocycles. The van der Waals surface area contributed by atoms with E-state index in [1.165, 1.54) is 0 Å². The molecule has 0 aromatic heterocycles. The van der Waals surface area contributed by atoms with Crippen molar-refractivity contribution >= 4 is 23.7 Å². The van der Waals surface area contributed by atoms with Gasteiger partial charge in [0.2, 0.25) is 0 Å². The Morgan fingerprint density at radius 3 is 1.64 bits per heavy atom. The van der Waals surface area contributed by atoms with Gasteiger partial charge in [0, 0.05) is 5.25 Å². The largest absolute Gasteiger partial charge is 0.480 e. The Hall–Kier alpha value is -0.710. The molecule has 0 saturated carbocycles. The number of thioether (sulfide) groups is 1. The third-order valence-electron chi connectivity index (χ3n) is 0.857. The molecule has 0 aliphatic rings. The monoisotopic (exact) mass is 178 g/mol. The van der Waals surface area contributed by atoms with Crippen LogP contribution in [0.2, 0.25) is 0 Å². The average Bonchev–Trinajstić information content (AvgIpc) is 1.81. The molecule has 0 aliphatic heterocycles. The van der Waals surface area contributed by atoms with E-state index < -0.39 is 17.2 Å². The van der Waals surface area contributed by atoms with Gasteiger partial charge < -0.3 is 10.2 Å². The lowest BCUT2D eigenvalue weighted by atomic mass is 10.4. The first-order valence-electron chi connectivity index (χ1n) is 3.06. The summed E-state index contributed by atoms with van der Waals surface area (Å²) in [6, 6.07) is 0. The van der Waals surface area contributed by atoms with Crippen LogP contribution in [-0.4, -0.2) is 32.7 Å². The van der Waals surface area contributed by atoms with E-state index >= 15 is 0 Å². The van der Waals surface area contributed by atoms with Crippen molar-refractivity contribution in [1.82, 2.24) is 0 Å². The van der Waals surface area contributed by atoms with E-state index in [0.29, 0.717) is 0 Å². The van der Waals surface area contributed by atoms with E-state index in [-0.39, 0.29) is 5.25 Å². The van der Waals surface area contributed by atoms with E-state index in [2.05, 4.69) is 0 Å². The quantitative estimate of drug-likeness (QED) is 0.619. The fourth-order valence-electron chi connectivity index (χ4n) is 0.494. The van der Waals surface area contributed by atoms with Crippen LogP contribution in [0.3, 0.4) is 0 Å². The van der Waals surface area contributed by atoms with Gasteiger partial charge >= 0.3 is 11.9 Å². The minimum Gasteiger partial charge on any atom is -0.480 e. The van der Waals surface area contributed by atoms with Crippen molar-refractivity contribution in [3.8, 4) is 0 Å². The Bertz CT molecular complexity index is 152. The minimum absolute atomic E-state index is 0.00667. The van der Waals surface area contributed by atoms with E-state index in [9.17, 15) is 9.59 Å². The molecule has 4 nitrogen and oxygen atoms in total. The first kappa shape index (κ1) is 10.3. The van der Waals surface area contributed by atoms with Crippen LogP contribution in [0.25, 0.3) is 0 Å². The van der Waals surface area contributed by atoms with Crippen molar-refractivity contribution in [1.29, 1.82) is 0 Å². The van der Waals surface area contributed by atoms with E-state index in [0.717, 1.165) is 11.8 Å². The molecule has 0 fully saturated rings. The maximum Gasteiger partial charge on any atom is 0.328 e. The second-order valence-electron chi connectivity index (χ2n) is 2.24. The molecule has 0 saturated heterocycles. The predicted molar refractivity (Wildman–Crippen MR) is 41.8 cm³/mol. The summed E-state index contributed by atoms with van der Waals surface area (Å²) in [5, 5.41) is 15.5. The molecule has 0 atom stereocenters. The summed E-state index contributed by atoms with van der Waals surface area (Å²) >= 11 is 0.917. The van der Waals surface area contributed by atoms with Crippen LogP contribution < -0.4 is 0 Å². The Morgan fingerprint density at radius 2 is 1.55 bits per heavy atom. The highest BCUT2D eigenvalue weighted by molar-refractivity contribution is 8.01. The third-order valence-corrected chi connectivity index (χ3v) is 2.08. The van der Waals surface area contributed by atoms with Gasteiger partial charge in [-0.1, -0.05) is 13.8 Å². The molecule has 2 N–H and O–H groups in total. The molecule has 0 rings (SSSR count). The maximum atomic E-state index is 10.3. The summed E-state index contributed by atoms with van der Waals surface area (Å²) in [5.74, 6) is -2.59. The Labute approximate surface area is 68.6 Å². The molecule has 0 unspecified atom stereocenters. The van der Waals surface area contributed by atoms with Crippen LogP contribution in [0, 0.1) is 0 Å². The molecule has 0 aromatic rings. The second-order valence-corrected chi connectivity index (χ2v) is 3.93. The molecule has 0 amide bonds. The zero-order chi connectivity index (χ0) is 9.02. The first-order valence-corrected chi connectivity index (χ1v) is 4.00. The van der Waals surface area contributed by atoms with Crippen molar-refractivity contribution in [2.45, 2.75) is 24.3 Å². The topological polar surface area (TPSA) is 74.6 Å². The minimum atomic E-state index is -1.34. The van der Waals surface area contributed by atoms with Crippen LogP contribution in [-0.2, 0) is 9.59 Å². The number of hydrogen-bond acceptors (Lipinski definition) is 3. The van der Waals surface area contributed by atoms with E-state index in [1.807, 2.05) is 0 Å². The van der Waals surface area contributed by atoms with Gasteiger partial charge in [-0.15, -0.1) is 11.8 Å². The van der Waals surface area contributed by atoms with Gasteiger partial charge in [-0.2, -0.15) is 0 Å². The SMILES string of the molecule is CC(C)SC(C(=O)O)C(=O)O. The Balaban J connectivity index is 4.12. The first-order chi connectivity index (χ1) is 4.95. The zero-order valence-electron chi connectivity index (χ0n) is 6.27. The van der Waals surface area contributed by atoms with Crippen LogP contribution in [0.15, 0.2) is 0 Å². The normalized spacial score (nSPS) is 10.5. The molecule has 0 bridgehead atoms. The fourth-order valence-corrected chi connectivity index (χ4v) is 1.27. The molecule has 0 radical (unpaired) electrons. The van der Waals surface area contributed by atoms with E-state index in [4.69, 9.17) is 10.2 Å². The highest BCUT2D eigenvalue weighted by atomic mass is 32.2. The van der Waals surface area contributed by atoms with Crippen molar-refractivity contribution < 1.29 is 19.8 Å². The number of carbonyl (C=O) groups is 2. The number of aliphatic carboxylic acids is 2. The Kier molecular flexibility index (Phi) is 3.95. The van der Waals surface area contributed by atoms with Crippen LogP contribution >= 0.6 is 11.8 Å². The molecular formula is C6H10O4S. The van der Waals surface area contributed by atoms with Gasteiger partial charge in [-0.05, 0) is 0 Å². The number of carboxylic acid groups (broad SMARTS) is 2. The lowest BCUT2D eigenvalue weighted by Crippen LogP contribution is -2.27. The highest BCUT2D eigenvalue weighted by Gasteiger charge is 2.26. The summed E-state index contributed by atoms with van der Waals surface area (Å²) in [6.45, 7) is 3.51. The molecule has 0 aliphatic carbocycles. The van der Waals surface area contributed by atoms with Crippen LogP contribution in [0.4, 0.5) is 0 Å². The molecule has 11 heavy (non-hydrogen) atoms. The summed E-state index contributed by atoms with van der Waals surface area (Å²) in [4.78, 5) is 20.5. The summed E-state index contributed by atoms with van der Waals surface area (Å²) < 4.78 is 0. The van der Waals surface area contributed by atoms with Crippen LogP contribution in [0.1, 0.15) is 13.8 Å². The summed E-state index contributed by atoms with van der Waals surface area (Å²) in [7, 11) is 0.